The molecule has 0 radical (unpaired) electrons. The molecule has 0 unspecified atom stereocenters. The number of hydrogen-bond acceptors (Lipinski definition) is 2. The lowest BCUT2D eigenvalue weighted by Crippen LogP contribution is -2.39. The molecule has 2 atom stereocenters. The zero-order valence-electron chi connectivity index (χ0n) is 15.3. The van der Waals surface area contributed by atoms with Crippen LogP contribution < -0.4 is 0 Å². The van der Waals surface area contributed by atoms with Crippen molar-refractivity contribution in [2.45, 2.75) is 51.9 Å². The van der Waals surface area contributed by atoms with Crippen molar-refractivity contribution < 1.29 is 9.63 Å². The summed E-state index contributed by atoms with van der Waals surface area (Å²) in [5.41, 5.74) is 4.63. The van der Waals surface area contributed by atoms with Gasteiger partial charge in [-0.25, -0.2) is 5.06 Å². The molecule has 24 heavy (non-hydrogen) atoms. The Balaban J connectivity index is 2.00. The topological polar surface area (TPSA) is 29.5 Å². The van der Waals surface area contributed by atoms with E-state index < -0.39 is 0 Å². The lowest BCUT2D eigenvalue weighted by atomic mass is 9.62. The van der Waals surface area contributed by atoms with Crippen molar-refractivity contribution in [3.05, 3.63) is 47.0 Å². The Morgan fingerprint density at radius 1 is 1.21 bits per heavy atom. The summed E-state index contributed by atoms with van der Waals surface area (Å²) in [5.74, 6) is 0.316. The van der Waals surface area contributed by atoms with Crippen molar-refractivity contribution in [1.82, 2.24) is 5.06 Å². The van der Waals surface area contributed by atoms with Crippen LogP contribution in [0.25, 0.3) is 0 Å². The third-order valence-electron chi connectivity index (χ3n) is 6.03. The van der Waals surface area contributed by atoms with E-state index in [1.807, 2.05) is 6.07 Å². The van der Waals surface area contributed by atoms with Gasteiger partial charge in [0.2, 0.25) is 5.91 Å². The van der Waals surface area contributed by atoms with Crippen LogP contribution >= 0.6 is 0 Å². The maximum Gasteiger partial charge on any atom is 0.249 e. The van der Waals surface area contributed by atoms with Crippen LogP contribution in [0.4, 0.5) is 0 Å². The van der Waals surface area contributed by atoms with Gasteiger partial charge in [-0.3, -0.25) is 9.63 Å². The molecule has 0 aromatic heterocycles. The van der Waals surface area contributed by atoms with Crippen LogP contribution in [0.3, 0.4) is 0 Å². The van der Waals surface area contributed by atoms with Crippen LogP contribution in [0.5, 0.6) is 0 Å². The quantitative estimate of drug-likeness (QED) is 0.594. The Kier molecular flexibility index (Phi) is 4.82. The SMILES string of the molecule is CON(C)C(=O)[C@@H]1CC2=C(CCCC2(C)C)C[C@H]1c1ccccc1. The molecule has 1 aromatic carbocycles. The maximum absolute atomic E-state index is 13.0. The highest BCUT2D eigenvalue weighted by molar-refractivity contribution is 5.79. The second-order valence-electron chi connectivity index (χ2n) is 7.87. The molecule has 130 valence electrons. The minimum atomic E-state index is -0.0338. The molecule has 0 saturated carbocycles. The largest absolute Gasteiger partial charge is 0.275 e. The van der Waals surface area contributed by atoms with Gasteiger partial charge >= 0.3 is 0 Å². The first-order chi connectivity index (χ1) is 11.4. The lowest BCUT2D eigenvalue weighted by Gasteiger charge is -2.44. The normalized spacial score (nSPS) is 26.0. The molecule has 2 aliphatic rings. The summed E-state index contributed by atoms with van der Waals surface area (Å²) in [5, 5.41) is 1.40. The summed E-state index contributed by atoms with van der Waals surface area (Å²) >= 11 is 0. The molecule has 0 N–H and O–H groups in total. The highest BCUT2D eigenvalue weighted by Gasteiger charge is 2.42. The predicted octanol–water partition coefficient (Wildman–Crippen LogP) is 4.71. The number of allylic oxidation sites excluding steroid dienone is 2. The van der Waals surface area contributed by atoms with Gasteiger partial charge in [-0.15, -0.1) is 0 Å². The van der Waals surface area contributed by atoms with Crippen LogP contribution in [-0.2, 0) is 9.63 Å². The summed E-state index contributed by atoms with van der Waals surface area (Å²) in [6.07, 6.45) is 5.57. The molecule has 0 fully saturated rings. The predicted molar refractivity (Wildman–Crippen MR) is 96.3 cm³/mol. The minimum Gasteiger partial charge on any atom is -0.275 e. The number of rotatable bonds is 3. The van der Waals surface area contributed by atoms with Gasteiger partial charge in [0.25, 0.3) is 0 Å². The van der Waals surface area contributed by atoms with Gasteiger partial charge in [0.15, 0.2) is 0 Å². The van der Waals surface area contributed by atoms with E-state index in [-0.39, 0.29) is 23.2 Å². The van der Waals surface area contributed by atoms with E-state index in [0.717, 1.165) is 12.8 Å². The lowest BCUT2D eigenvalue weighted by molar-refractivity contribution is -0.174. The number of hydrogen-bond donors (Lipinski definition) is 0. The zero-order chi connectivity index (χ0) is 17.3. The fraction of sp³-hybridized carbons (Fsp3) is 0.571. The van der Waals surface area contributed by atoms with Crippen molar-refractivity contribution in [3.8, 4) is 0 Å². The average Bonchev–Trinajstić information content (AvgIpc) is 2.60. The third-order valence-corrected chi connectivity index (χ3v) is 6.03. The molecule has 0 bridgehead atoms. The maximum atomic E-state index is 13.0. The fourth-order valence-electron chi connectivity index (χ4n) is 4.57. The van der Waals surface area contributed by atoms with Crippen LogP contribution in [0.1, 0.15) is 57.4 Å². The van der Waals surface area contributed by atoms with Crippen molar-refractivity contribution in [1.29, 1.82) is 0 Å². The summed E-state index contributed by atoms with van der Waals surface area (Å²) < 4.78 is 0. The molecule has 2 aliphatic carbocycles. The first kappa shape index (κ1) is 17.2. The van der Waals surface area contributed by atoms with Gasteiger partial charge in [-0.05, 0) is 49.0 Å². The van der Waals surface area contributed by atoms with Gasteiger partial charge in [0, 0.05) is 7.05 Å². The molecular weight excluding hydrogens is 298 g/mol. The number of amides is 1. The Morgan fingerprint density at radius 3 is 2.58 bits per heavy atom. The molecule has 1 amide bonds. The third kappa shape index (κ3) is 3.14. The van der Waals surface area contributed by atoms with E-state index in [1.54, 1.807) is 19.7 Å². The summed E-state index contributed by atoms with van der Waals surface area (Å²) in [6.45, 7) is 4.68. The van der Waals surface area contributed by atoms with Crippen molar-refractivity contribution >= 4 is 5.91 Å². The molecule has 0 aliphatic heterocycles. The van der Waals surface area contributed by atoms with Gasteiger partial charge in [-0.1, -0.05) is 55.3 Å². The zero-order valence-corrected chi connectivity index (χ0v) is 15.3. The molecule has 0 spiro atoms. The van der Waals surface area contributed by atoms with E-state index in [2.05, 4.69) is 38.1 Å². The fourth-order valence-corrected chi connectivity index (χ4v) is 4.57. The van der Waals surface area contributed by atoms with Crippen LogP contribution in [0, 0.1) is 11.3 Å². The van der Waals surface area contributed by atoms with E-state index in [9.17, 15) is 4.79 Å². The first-order valence-corrected chi connectivity index (χ1v) is 9.02. The van der Waals surface area contributed by atoms with E-state index in [4.69, 9.17) is 4.84 Å². The van der Waals surface area contributed by atoms with E-state index in [0.29, 0.717) is 0 Å². The van der Waals surface area contributed by atoms with Crippen molar-refractivity contribution in [2.24, 2.45) is 11.3 Å². The van der Waals surface area contributed by atoms with Crippen molar-refractivity contribution in [3.63, 3.8) is 0 Å². The second-order valence-corrected chi connectivity index (χ2v) is 7.87. The molecule has 3 nitrogen and oxygen atoms in total. The molecular formula is C21H29NO2. The monoisotopic (exact) mass is 327 g/mol. The number of nitrogens with zero attached hydrogens (tertiary/aromatic N) is 1. The first-order valence-electron chi connectivity index (χ1n) is 9.02. The summed E-state index contributed by atoms with van der Waals surface area (Å²) in [6, 6.07) is 10.5. The summed E-state index contributed by atoms with van der Waals surface area (Å²) in [4.78, 5) is 18.2. The number of hydroxylamine groups is 2. The smallest absolute Gasteiger partial charge is 0.249 e. The molecule has 1 aromatic rings. The summed E-state index contributed by atoms with van der Waals surface area (Å²) in [7, 11) is 3.29. The highest BCUT2D eigenvalue weighted by atomic mass is 16.7. The number of carbonyl (C=O) groups is 1. The number of benzene rings is 1. The van der Waals surface area contributed by atoms with E-state index >= 15 is 0 Å². The van der Waals surface area contributed by atoms with Gasteiger partial charge in [0.05, 0.1) is 13.0 Å². The Bertz CT molecular complexity index is 632. The van der Waals surface area contributed by atoms with Gasteiger partial charge < -0.3 is 0 Å². The van der Waals surface area contributed by atoms with Crippen LogP contribution in [-0.4, -0.2) is 25.1 Å². The minimum absolute atomic E-state index is 0.0338. The van der Waals surface area contributed by atoms with Crippen molar-refractivity contribution in [2.75, 3.05) is 14.2 Å². The second kappa shape index (κ2) is 6.72. The molecule has 0 saturated heterocycles. The average molecular weight is 327 g/mol. The van der Waals surface area contributed by atoms with Gasteiger partial charge in [-0.2, -0.15) is 0 Å². The highest BCUT2D eigenvalue weighted by Crippen LogP contribution is 2.52. The Morgan fingerprint density at radius 2 is 1.92 bits per heavy atom. The van der Waals surface area contributed by atoms with Crippen LogP contribution in [0.2, 0.25) is 0 Å². The molecule has 0 heterocycles. The Labute approximate surface area is 145 Å². The standard InChI is InChI=1S/C21H29NO2/c1-21(2)12-8-11-16-13-17(15-9-6-5-7-10-15)18(14-19(16)21)20(23)22(3)24-4/h5-7,9-10,17-18H,8,11-14H2,1-4H3/t17-,18+/m0/s1. The van der Waals surface area contributed by atoms with Gasteiger partial charge in [0.1, 0.15) is 0 Å². The Hall–Kier alpha value is -1.61. The van der Waals surface area contributed by atoms with Crippen LogP contribution in [0.15, 0.2) is 41.5 Å². The molecule has 3 heteroatoms. The van der Waals surface area contributed by atoms with E-state index in [1.165, 1.54) is 35.5 Å². The molecule has 3 rings (SSSR count). The number of carbonyl (C=O) groups excluding carboxylic acids is 1.